The fourth-order valence-corrected chi connectivity index (χ4v) is 1.61. The van der Waals surface area contributed by atoms with Crippen LogP contribution in [0.4, 0.5) is 0 Å². The van der Waals surface area contributed by atoms with Gasteiger partial charge < -0.3 is 5.73 Å². The first-order valence-electron chi connectivity index (χ1n) is 4.67. The summed E-state index contributed by atoms with van der Waals surface area (Å²) in [4.78, 5) is 0. The smallest absolute Gasteiger partial charge is 0.0834 e. The number of hydrogen-bond acceptors (Lipinski definition) is 2. The van der Waals surface area contributed by atoms with E-state index in [1.54, 1.807) is 6.20 Å². The van der Waals surface area contributed by atoms with Crippen LogP contribution in [0.5, 0.6) is 0 Å². The molecule has 0 spiro atoms. The first-order valence-corrected chi connectivity index (χ1v) is 5.05. The second-order valence-corrected chi connectivity index (χ2v) is 3.52. The number of aromatic nitrogens is 2. The highest BCUT2D eigenvalue weighted by Gasteiger charge is 2.14. The van der Waals surface area contributed by atoms with E-state index in [-0.39, 0.29) is 6.04 Å². The van der Waals surface area contributed by atoms with Crippen LogP contribution in [0.3, 0.4) is 0 Å². The molecule has 0 aliphatic rings. The first kappa shape index (κ1) is 10.5. The molecule has 0 saturated carbocycles. The van der Waals surface area contributed by atoms with Gasteiger partial charge in [0, 0.05) is 12.6 Å². The lowest BCUT2D eigenvalue weighted by Gasteiger charge is -2.12. The van der Waals surface area contributed by atoms with Gasteiger partial charge in [0.1, 0.15) is 0 Å². The van der Waals surface area contributed by atoms with Crippen molar-refractivity contribution in [2.75, 3.05) is 0 Å². The molecule has 0 aliphatic heterocycles. The zero-order valence-corrected chi connectivity index (χ0v) is 8.88. The molecule has 1 heterocycles. The van der Waals surface area contributed by atoms with Crippen LogP contribution >= 0.6 is 11.6 Å². The molecular formula is C9H16ClN3. The lowest BCUT2D eigenvalue weighted by molar-refractivity contribution is 0.533. The second kappa shape index (κ2) is 4.63. The molecule has 0 amide bonds. The summed E-state index contributed by atoms with van der Waals surface area (Å²) in [5, 5.41) is 4.86. The minimum atomic E-state index is 0.00144. The highest BCUT2D eigenvalue weighted by atomic mass is 35.5. The Morgan fingerprint density at radius 3 is 2.85 bits per heavy atom. The van der Waals surface area contributed by atoms with E-state index in [1.165, 1.54) is 0 Å². The third-order valence-corrected chi connectivity index (χ3v) is 2.35. The van der Waals surface area contributed by atoms with Crippen molar-refractivity contribution in [1.82, 2.24) is 9.78 Å². The molecule has 4 heteroatoms. The average molecular weight is 202 g/mol. The summed E-state index contributed by atoms with van der Waals surface area (Å²) >= 11 is 5.99. The standard InChI is InChI=1S/C9H16ClN3/c1-3-5-13-9(8(11)4-2)7(10)6-12-13/h6,8H,3-5,11H2,1-2H3. The van der Waals surface area contributed by atoms with Crippen LogP contribution in [0.15, 0.2) is 6.20 Å². The van der Waals surface area contributed by atoms with Gasteiger partial charge in [-0.3, -0.25) is 4.68 Å². The fraction of sp³-hybridized carbons (Fsp3) is 0.667. The van der Waals surface area contributed by atoms with Gasteiger partial charge >= 0.3 is 0 Å². The largest absolute Gasteiger partial charge is 0.323 e. The lowest BCUT2D eigenvalue weighted by Crippen LogP contribution is -2.15. The minimum Gasteiger partial charge on any atom is -0.323 e. The van der Waals surface area contributed by atoms with Crippen molar-refractivity contribution in [1.29, 1.82) is 0 Å². The molecule has 0 radical (unpaired) electrons. The predicted octanol–water partition coefficient (Wildman–Crippen LogP) is 2.36. The van der Waals surface area contributed by atoms with Crippen molar-refractivity contribution >= 4 is 11.6 Å². The zero-order valence-electron chi connectivity index (χ0n) is 8.13. The molecule has 0 fully saturated rings. The van der Waals surface area contributed by atoms with Crippen LogP contribution in [0, 0.1) is 0 Å². The van der Waals surface area contributed by atoms with Gasteiger partial charge in [0.05, 0.1) is 16.9 Å². The van der Waals surface area contributed by atoms with Gasteiger partial charge in [-0.25, -0.2) is 0 Å². The van der Waals surface area contributed by atoms with Crippen LogP contribution in [0.25, 0.3) is 0 Å². The van der Waals surface area contributed by atoms with Crippen molar-refractivity contribution in [3.8, 4) is 0 Å². The van der Waals surface area contributed by atoms with Crippen LogP contribution in [0.1, 0.15) is 38.4 Å². The van der Waals surface area contributed by atoms with Crippen LogP contribution in [-0.2, 0) is 6.54 Å². The molecule has 0 aromatic carbocycles. The Hall–Kier alpha value is -0.540. The topological polar surface area (TPSA) is 43.8 Å². The zero-order chi connectivity index (χ0) is 9.84. The van der Waals surface area contributed by atoms with Gasteiger partial charge in [0.2, 0.25) is 0 Å². The van der Waals surface area contributed by atoms with E-state index in [9.17, 15) is 0 Å². The fourth-order valence-electron chi connectivity index (χ4n) is 1.32. The van der Waals surface area contributed by atoms with Crippen LogP contribution < -0.4 is 5.73 Å². The second-order valence-electron chi connectivity index (χ2n) is 3.12. The van der Waals surface area contributed by atoms with Gasteiger partial charge in [-0.1, -0.05) is 25.4 Å². The van der Waals surface area contributed by atoms with E-state index < -0.39 is 0 Å². The third-order valence-electron chi connectivity index (χ3n) is 2.06. The minimum absolute atomic E-state index is 0.00144. The molecule has 1 aromatic rings. The first-order chi connectivity index (χ1) is 6.20. The molecule has 0 bridgehead atoms. The summed E-state index contributed by atoms with van der Waals surface area (Å²) < 4.78 is 1.90. The predicted molar refractivity (Wildman–Crippen MR) is 54.7 cm³/mol. The van der Waals surface area contributed by atoms with Gasteiger partial charge in [-0.15, -0.1) is 0 Å². The summed E-state index contributed by atoms with van der Waals surface area (Å²) in [5.74, 6) is 0. The number of rotatable bonds is 4. The van der Waals surface area contributed by atoms with Crippen LogP contribution in [-0.4, -0.2) is 9.78 Å². The van der Waals surface area contributed by atoms with E-state index in [2.05, 4.69) is 12.0 Å². The summed E-state index contributed by atoms with van der Waals surface area (Å²) in [5.41, 5.74) is 6.89. The maximum atomic E-state index is 5.99. The van der Waals surface area contributed by atoms with Crippen molar-refractivity contribution < 1.29 is 0 Å². The van der Waals surface area contributed by atoms with E-state index in [0.717, 1.165) is 25.1 Å². The Labute approximate surface area is 83.9 Å². The molecule has 13 heavy (non-hydrogen) atoms. The molecule has 0 aliphatic carbocycles. The van der Waals surface area contributed by atoms with Crippen molar-refractivity contribution in [3.05, 3.63) is 16.9 Å². The summed E-state index contributed by atoms with van der Waals surface area (Å²) in [7, 11) is 0. The molecular weight excluding hydrogens is 186 g/mol. The van der Waals surface area contributed by atoms with Gasteiger partial charge in [0.15, 0.2) is 0 Å². The highest BCUT2D eigenvalue weighted by Crippen LogP contribution is 2.23. The molecule has 1 atom stereocenters. The SMILES string of the molecule is CCCn1ncc(Cl)c1C(N)CC. The monoisotopic (exact) mass is 201 g/mol. The van der Waals surface area contributed by atoms with Gasteiger partial charge in [0.25, 0.3) is 0 Å². The number of hydrogen-bond donors (Lipinski definition) is 1. The van der Waals surface area contributed by atoms with E-state index in [1.807, 2.05) is 11.6 Å². The molecule has 2 N–H and O–H groups in total. The van der Waals surface area contributed by atoms with Gasteiger partial charge in [-0.2, -0.15) is 5.10 Å². The highest BCUT2D eigenvalue weighted by molar-refractivity contribution is 6.31. The molecule has 74 valence electrons. The van der Waals surface area contributed by atoms with E-state index >= 15 is 0 Å². The van der Waals surface area contributed by atoms with Gasteiger partial charge in [-0.05, 0) is 12.8 Å². The molecule has 1 unspecified atom stereocenters. The summed E-state index contributed by atoms with van der Waals surface area (Å²) in [6, 6.07) is 0.00144. The quantitative estimate of drug-likeness (QED) is 0.813. The maximum Gasteiger partial charge on any atom is 0.0834 e. The summed E-state index contributed by atoms with van der Waals surface area (Å²) in [6.45, 7) is 5.04. The molecule has 0 saturated heterocycles. The van der Waals surface area contributed by atoms with Crippen molar-refractivity contribution in [3.63, 3.8) is 0 Å². The van der Waals surface area contributed by atoms with E-state index in [0.29, 0.717) is 5.02 Å². The molecule has 1 rings (SSSR count). The van der Waals surface area contributed by atoms with Crippen molar-refractivity contribution in [2.45, 2.75) is 39.3 Å². The normalized spacial score (nSPS) is 13.2. The number of nitrogens with zero attached hydrogens (tertiary/aromatic N) is 2. The van der Waals surface area contributed by atoms with Crippen LogP contribution in [0.2, 0.25) is 5.02 Å². The van der Waals surface area contributed by atoms with E-state index in [4.69, 9.17) is 17.3 Å². The Morgan fingerprint density at radius 2 is 2.31 bits per heavy atom. The maximum absolute atomic E-state index is 5.99. The number of aryl methyl sites for hydroxylation is 1. The Bertz CT molecular complexity index is 270. The molecule has 3 nitrogen and oxygen atoms in total. The number of halogens is 1. The third kappa shape index (κ3) is 2.23. The number of nitrogens with two attached hydrogens (primary N) is 1. The summed E-state index contributed by atoms with van der Waals surface area (Å²) in [6.07, 6.45) is 3.60. The Kier molecular flexibility index (Phi) is 3.75. The lowest BCUT2D eigenvalue weighted by atomic mass is 10.2. The van der Waals surface area contributed by atoms with Crippen molar-refractivity contribution in [2.24, 2.45) is 5.73 Å². The average Bonchev–Trinajstić information content (AvgIpc) is 2.47. The molecule has 1 aromatic heterocycles. The Balaban J connectivity index is 2.93. The Morgan fingerprint density at radius 1 is 1.62 bits per heavy atom.